The molecule has 28 heavy (non-hydrogen) atoms. The number of carbonyl (C=O) groups excluding carboxylic acids is 1. The lowest BCUT2D eigenvalue weighted by molar-refractivity contribution is 0.0924. The lowest BCUT2D eigenvalue weighted by atomic mass is 9.93. The van der Waals surface area contributed by atoms with Crippen LogP contribution >= 0.6 is 0 Å². The van der Waals surface area contributed by atoms with E-state index in [2.05, 4.69) is 34.5 Å². The van der Waals surface area contributed by atoms with E-state index in [9.17, 15) is 4.79 Å². The van der Waals surface area contributed by atoms with Crippen molar-refractivity contribution in [2.75, 3.05) is 13.2 Å². The second-order valence-electron chi connectivity index (χ2n) is 7.46. The summed E-state index contributed by atoms with van der Waals surface area (Å²) in [5, 5.41) is 8.78. The number of ether oxygens (including phenoxy) is 1. The summed E-state index contributed by atoms with van der Waals surface area (Å²) >= 11 is 0. The number of hydrogen-bond donors (Lipinski definition) is 1. The molecule has 1 saturated heterocycles. The molecule has 1 aliphatic rings. The summed E-state index contributed by atoms with van der Waals surface area (Å²) in [6.45, 7) is 5.99. The molecule has 1 aromatic carbocycles. The Bertz CT molecular complexity index is 976. The third-order valence-electron chi connectivity index (χ3n) is 5.38. The second kappa shape index (κ2) is 8.10. The number of pyridine rings is 1. The molecule has 0 unspecified atom stereocenters. The molecule has 2 aromatic heterocycles. The topological polar surface area (TPSA) is 69.0 Å². The first-order valence-corrected chi connectivity index (χ1v) is 9.91. The van der Waals surface area contributed by atoms with Crippen molar-refractivity contribution in [3.05, 3.63) is 59.5 Å². The molecule has 0 aliphatic carbocycles. The minimum atomic E-state index is -0.0695. The molecule has 1 fully saturated rings. The van der Waals surface area contributed by atoms with Gasteiger partial charge < -0.3 is 10.1 Å². The van der Waals surface area contributed by atoms with Crippen LogP contribution in [-0.4, -0.2) is 39.9 Å². The smallest absolute Gasteiger partial charge is 0.255 e. The number of nitrogens with one attached hydrogen (secondary N) is 1. The first-order valence-electron chi connectivity index (χ1n) is 9.91. The number of amides is 1. The van der Waals surface area contributed by atoms with E-state index in [0.29, 0.717) is 18.8 Å². The Morgan fingerprint density at radius 2 is 2.14 bits per heavy atom. The fourth-order valence-corrected chi connectivity index (χ4v) is 3.91. The van der Waals surface area contributed by atoms with Crippen molar-refractivity contribution in [1.82, 2.24) is 20.1 Å². The lowest BCUT2D eigenvalue weighted by Gasteiger charge is -2.19. The van der Waals surface area contributed by atoms with E-state index in [1.807, 2.05) is 42.2 Å². The van der Waals surface area contributed by atoms with Crippen LogP contribution in [-0.2, 0) is 17.7 Å². The first kappa shape index (κ1) is 18.6. The molecule has 1 aliphatic heterocycles. The summed E-state index contributed by atoms with van der Waals surface area (Å²) in [6, 6.07) is 10.2. The van der Waals surface area contributed by atoms with Crippen LogP contribution in [0.5, 0.6) is 0 Å². The molecule has 2 atom stereocenters. The molecule has 0 bridgehead atoms. The van der Waals surface area contributed by atoms with Crippen molar-refractivity contribution in [3.8, 4) is 0 Å². The molecule has 0 radical (unpaired) electrons. The zero-order valence-corrected chi connectivity index (χ0v) is 16.4. The Balaban J connectivity index is 1.48. The summed E-state index contributed by atoms with van der Waals surface area (Å²) in [5.41, 5.74) is 3.65. The fourth-order valence-electron chi connectivity index (χ4n) is 3.91. The van der Waals surface area contributed by atoms with E-state index in [1.54, 1.807) is 0 Å². The van der Waals surface area contributed by atoms with Gasteiger partial charge in [0.05, 0.1) is 36.0 Å². The van der Waals surface area contributed by atoms with Crippen molar-refractivity contribution >= 4 is 16.8 Å². The van der Waals surface area contributed by atoms with Gasteiger partial charge in [-0.25, -0.2) is 0 Å². The largest absolute Gasteiger partial charge is 0.379 e. The number of aryl methyl sites for hydroxylation is 2. The Morgan fingerprint density at radius 1 is 1.29 bits per heavy atom. The maximum absolute atomic E-state index is 12.8. The molecule has 1 N–H and O–H groups in total. The molecule has 1 amide bonds. The number of benzene rings is 1. The van der Waals surface area contributed by atoms with E-state index in [0.717, 1.165) is 30.6 Å². The van der Waals surface area contributed by atoms with Crippen molar-refractivity contribution < 1.29 is 9.53 Å². The van der Waals surface area contributed by atoms with Gasteiger partial charge in [0.15, 0.2) is 0 Å². The van der Waals surface area contributed by atoms with E-state index in [4.69, 9.17) is 4.74 Å². The fraction of sp³-hybridized carbons (Fsp3) is 0.409. The normalized spacial score (nSPS) is 19.2. The molecule has 6 nitrogen and oxygen atoms in total. The molecule has 3 heterocycles. The van der Waals surface area contributed by atoms with Gasteiger partial charge in [0.2, 0.25) is 0 Å². The zero-order chi connectivity index (χ0) is 19.5. The summed E-state index contributed by atoms with van der Waals surface area (Å²) in [4.78, 5) is 17.3. The summed E-state index contributed by atoms with van der Waals surface area (Å²) < 4.78 is 7.56. The van der Waals surface area contributed by atoms with Crippen LogP contribution in [0.25, 0.3) is 10.9 Å². The van der Waals surface area contributed by atoms with Crippen LogP contribution in [0.1, 0.15) is 35.0 Å². The zero-order valence-electron chi connectivity index (χ0n) is 16.4. The van der Waals surface area contributed by atoms with Gasteiger partial charge in [-0.05, 0) is 37.5 Å². The first-order chi connectivity index (χ1) is 13.7. The molecule has 3 aromatic rings. The van der Waals surface area contributed by atoms with E-state index >= 15 is 0 Å². The van der Waals surface area contributed by atoms with Gasteiger partial charge in [0.25, 0.3) is 5.91 Å². The van der Waals surface area contributed by atoms with Crippen LogP contribution in [0.4, 0.5) is 0 Å². The van der Waals surface area contributed by atoms with Gasteiger partial charge >= 0.3 is 0 Å². The quantitative estimate of drug-likeness (QED) is 0.715. The monoisotopic (exact) mass is 378 g/mol. The standard InChI is InChI=1S/C22H26N4O2/c1-3-10-26-12-19(15(2)25-26)22(27)24-21-14-28-13-17(21)11-16-8-9-23-20-7-5-4-6-18(16)20/h4-9,12,17,21H,3,10-11,13-14H2,1-2H3,(H,24,27)/t17-,21+/m1/s1. The molecular formula is C22H26N4O2. The van der Waals surface area contributed by atoms with E-state index in [1.165, 1.54) is 10.9 Å². The number of para-hydroxylation sites is 1. The van der Waals surface area contributed by atoms with E-state index < -0.39 is 0 Å². The number of hydrogen-bond acceptors (Lipinski definition) is 4. The van der Waals surface area contributed by atoms with Crippen LogP contribution < -0.4 is 5.32 Å². The van der Waals surface area contributed by atoms with Crippen molar-refractivity contribution in [1.29, 1.82) is 0 Å². The minimum absolute atomic E-state index is 0.00615. The van der Waals surface area contributed by atoms with Crippen LogP contribution in [0.3, 0.4) is 0 Å². The Kier molecular flexibility index (Phi) is 5.39. The predicted molar refractivity (Wildman–Crippen MR) is 108 cm³/mol. The maximum Gasteiger partial charge on any atom is 0.255 e. The summed E-state index contributed by atoms with van der Waals surface area (Å²) in [7, 11) is 0. The number of carbonyl (C=O) groups is 1. The van der Waals surface area contributed by atoms with Crippen molar-refractivity contribution in [2.45, 2.75) is 39.3 Å². The lowest BCUT2D eigenvalue weighted by Crippen LogP contribution is -2.40. The highest BCUT2D eigenvalue weighted by Gasteiger charge is 2.31. The number of fused-ring (bicyclic) bond motifs is 1. The highest BCUT2D eigenvalue weighted by atomic mass is 16.5. The molecule has 146 valence electrons. The van der Waals surface area contributed by atoms with Gasteiger partial charge in [-0.15, -0.1) is 0 Å². The number of rotatable bonds is 6. The third kappa shape index (κ3) is 3.78. The molecule has 4 rings (SSSR count). The molecule has 6 heteroatoms. The van der Waals surface area contributed by atoms with E-state index in [-0.39, 0.29) is 17.9 Å². The molecule has 0 saturated carbocycles. The second-order valence-corrected chi connectivity index (χ2v) is 7.46. The molecule has 0 spiro atoms. The summed E-state index contributed by atoms with van der Waals surface area (Å²) in [5.74, 6) is 0.167. The van der Waals surface area contributed by atoms with Gasteiger partial charge in [0, 0.05) is 30.2 Å². The van der Waals surface area contributed by atoms with Gasteiger partial charge in [-0.2, -0.15) is 5.10 Å². The molecular weight excluding hydrogens is 352 g/mol. The average Bonchev–Trinajstić information content (AvgIpc) is 3.28. The highest BCUT2D eigenvalue weighted by molar-refractivity contribution is 5.95. The van der Waals surface area contributed by atoms with Gasteiger partial charge in [0.1, 0.15) is 0 Å². The maximum atomic E-state index is 12.8. The Hall–Kier alpha value is -2.73. The Labute approximate surface area is 164 Å². The summed E-state index contributed by atoms with van der Waals surface area (Å²) in [6.07, 6.45) is 5.53. The van der Waals surface area contributed by atoms with Crippen LogP contribution in [0.15, 0.2) is 42.7 Å². The van der Waals surface area contributed by atoms with Crippen molar-refractivity contribution in [2.24, 2.45) is 5.92 Å². The van der Waals surface area contributed by atoms with Crippen LogP contribution in [0.2, 0.25) is 0 Å². The Morgan fingerprint density at radius 3 is 3.00 bits per heavy atom. The third-order valence-corrected chi connectivity index (χ3v) is 5.38. The minimum Gasteiger partial charge on any atom is -0.379 e. The average molecular weight is 378 g/mol. The SMILES string of the molecule is CCCn1cc(C(=O)N[C@H]2COC[C@H]2Cc2ccnc3ccccc23)c(C)n1. The van der Waals surface area contributed by atoms with Gasteiger partial charge in [-0.3, -0.25) is 14.5 Å². The predicted octanol–water partition coefficient (Wildman–Crippen LogP) is 3.14. The van der Waals surface area contributed by atoms with Crippen LogP contribution in [0, 0.1) is 12.8 Å². The van der Waals surface area contributed by atoms with Gasteiger partial charge in [-0.1, -0.05) is 25.1 Å². The highest BCUT2D eigenvalue weighted by Crippen LogP contribution is 2.24. The number of nitrogens with zero attached hydrogens (tertiary/aromatic N) is 3. The number of aromatic nitrogens is 3. The van der Waals surface area contributed by atoms with Crippen molar-refractivity contribution in [3.63, 3.8) is 0 Å².